The number of nitrogens with one attached hydrogen (secondary N) is 2. The van der Waals surface area contributed by atoms with Gasteiger partial charge in [0.25, 0.3) is 0 Å². The molecule has 4 N–H and O–H groups in total. The number of hydrogen-bond acceptors (Lipinski definition) is 4. The Labute approximate surface area is 162 Å². The van der Waals surface area contributed by atoms with Gasteiger partial charge in [-0.05, 0) is 12.0 Å². The van der Waals surface area contributed by atoms with Crippen molar-refractivity contribution in [2.24, 2.45) is 5.73 Å². The molecule has 1 heterocycles. The van der Waals surface area contributed by atoms with Gasteiger partial charge in [-0.1, -0.05) is 54.6 Å². The van der Waals surface area contributed by atoms with E-state index in [0.717, 1.165) is 5.56 Å². The van der Waals surface area contributed by atoms with Gasteiger partial charge in [0.05, 0.1) is 0 Å². The van der Waals surface area contributed by atoms with Gasteiger partial charge in [0, 0.05) is 24.0 Å². The number of ketones is 1. The number of rotatable bonds is 7. The maximum absolute atomic E-state index is 12.4. The average molecular weight is 379 g/mol. The molecule has 0 unspecified atom stereocenters. The summed E-state index contributed by atoms with van der Waals surface area (Å²) in [7, 11) is 0. The van der Waals surface area contributed by atoms with Gasteiger partial charge >= 0.3 is 0 Å². The summed E-state index contributed by atoms with van der Waals surface area (Å²) < 4.78 is 0. The predicted octanol–water partition coefficient (Wildman–Crippen LogP) is 0.709. The fourth-order valence-electron chi connectivity index (χ4n) is 3.09. The van der Waals surface area contributed by atoms with E-state index in [0.29, 0.717) is 17.5 Å². The molecule has 7 nitrogen and oxygen atoms in total. The van der Waals surface area contributed by atoms with Crippen molar-refractivity contribution in [1.29, 1.82) is 0 Å². The number of carbonyl (C=O) groups excluding carboxylic acids is 4. The van der Waals surface area contributed by atoms with Crippen molar-refractivity contribution in [3.63, 3.8) is 0 Å². The van der Waals surface area contributed by atoms with Crippen molar-refractivity contribution in [2.45, 2.75) is 31.3 Å². The van der Waals surface area contributed by atoms with Crippen molar-refractivity contribution >= 4 is 23.5 Å². The Morgan fingerprint density at radius 1 is 1.04 bits per heavy atom. The number of benzene rings is 2. The lowest BCUT2D eigenvalue weighted by atomic mass is 9.99. The standard InChI is InChI=1S/C21H21N3O4/c22-20(27)17(24-21(28)16-10-11-18(25)23-16)12-13-6-8-15(9-7-13)19(26)14-4-2-1-3-5-14/h1-9,16-17H,10-12H2,(H2,22,27)(H,23,25)(H,24,28)/t16-,17+/m0/s1. The second-order valence-corrected chi connectivity index (χ2v) is 6.72. The molecule has 3 amide bonds. The Hall–Kier alpha value is -3.48. The van der Waals surface area contributed by atoms with Crippen LogP contribution in [0.2, 0.25) is 0 Å². The zero-order valence-corrected chi connectivity index (χ0v) is 15.2. The fraction of sp³-hybridized carbons (Fsp3) is 0.238. The molecule has 2 atom stereocenters. The molecular formula is C21H21N3O4. The number of nitrogens with two attached hydrogens (primary N) is 1. The molecule has 2 aromatic rings. The maximum Gasteiger partial charge on any atom is 0.243 e. The molecule has 0 bridgehead atoms. The minimum absolute atomic E-state index is 0.0936. The SMILES string of the molecule is NC(=O)[C@@H](Cc1ccc(C(=O)c2ccccc2)cc1)NC(=O)[C@@H]1CCC(=O)N1. The fourth-order valence-corrected chi connectivity index (χ4v) is 3.09. The second-order valence-electron chi connectivity index (χ2n) is 6.72. The predicted molar refractivity (Wildman–Crippen MR) is 102 cm³/mol. The number of amides is 3. The normalized spacial score (nSPS) is 16.9. The smallest absolute Gasteiger partial charge is 0.243 e. The number of primary amides is 1. The van der Waals surface area contributed by atoms with Gasteiger partial charge in [-0.3, -0.25) is 19.2 Å². The molecule has 1 aliphatic heterocycles. The van der Waals surface area contributed by atoms with Gasteiger partial charge in [-0.2, -0.15) is 0 Å². The third-order valence-corrected chi connectivity index (χ3v) is 4.66. The van der Waals surface area contributed by atoms with Crippen LogP contribution in [0.4, 0.5) is 0 Å². The number of carbonyl (C=O) groups is 4. The van der Waals surface area contributed by atoms with E-state index in [1.54, 1.807) is 48.5 Å². The third kappa shape index (κ3) is 4.62. The summed E-state index contributed by atoms with van der Waals surface area (Å²) in [5, 5.41) is 5.15. The lowest BCUT2D eigenvalue weighted by Gasteiger charge is -2.18. The van der Waals surface area contributed by atoms with E-state index in [9.17, 15) is 19.2 Å². The highest BCUT2D eigenvalue weighted by Crippen LogP contribution is 2.13. The largest absolute Gasteiger partial charge is 0.368 e. The van der Waals surface area contributed by atoms with Crippen LogP contribution in [-0.4, -0.2) is 35.6 Å². The van der Waals surface area contributed by atoms with Crippen LogP contribution in [0.1, 0.15) is 34.3 Å². The minimum atomic E-state index is -0.902. The zero-order valence-electron chi connectivity index (χ0n) is 15.2. The lowest BCUT2D eigenvalue weighted by molar-refractivity contribution is -0.129. The topological polar surface area (TPSA) is 118 Å². The first-order valence-corrected chi connectivity index (χ1v) is 9.02. The summed E-state index contributed by atoms with van der Waals surface area (Å²) in [5.74, 6) is -1.37. The lowest BCUT2D eigenvalue weighted by Crippen LogP contribution is -2.51. The monoisotopic (exact) mass is 379 g/mol. The number of hydrogen-bond donors (Lipinski definition) is 3. The minimum Gasteiger partial charge on any atom is -0.368 e. The van der Waals surface area contributed by atoms with E-state index in [-0.39, 0.29) is 24.5 Å². The molecule has 144 valence electrons. The summed E-state index contributed by atoms with van der Waals surface area (Å²) in [5.41, 5.74) is 7.30. The van der Waals surface area contributed by atoms with E-state index >= 15 is 0 Å². The Morgan fingerprint density at radius 3 is 2.25 bits per heavy atom. The quantitative estimate of drug-likeness (QED) is 0.614. The highest BCUT2D eigenvalue weighted by molar-refractivity contribution is 6.08. The van der Waals surface area contributed by atoms with Crippen molar-refractivity contribution in [1.82, 2.24) is 10.6 Å². The molecule has 1 aliphatic rings. The Bertz CT molecular complexity index is 894. The van der Waals surface area contributed by atoms with Crippen LogP contribution in [0.5, 0.6) is 0 Å². The summed E-state index contributed by atoms with van der Waals surface area (Å²) in [4.78, 5) is 47.7. The van der Waals surface area contributed by atoms with Gasteiger partial charge in [0.1, 0.15) is 12.1 Å². The first kappa shape index (κ1) is 19.3. The molecule has 1 fully saturated rings. The van der Waals surface area contributed by atoms with Crippen molar-refractivity contribution < 1.29 is 19.2 Å². The van der Waals surface area contributed by atoms with Crippen LogP contribution in [0.15, 0.2) is 54.6 Å². The zero-order chi connectivity index (χ0) is 20.1. The van der Waals surface area contributed by atoms with E-state index in [1.807, 2.05) is 6.07 Å². The molecule has 0 aliphatic carbocycles. The Kier molecular flexibility index (Phi) is 5.84. The molecule has 0 spiro atoms. The molecule has 0 saturated carbocycles. The van der Waals surface area contributed by atoms with Crippen molar-refractivity contribution in [2.75, 3.05) is 0 Å². The molecule has 2 aromatic carbocycles. The van der Waals surface area contributed by atoms with Gasteiger partial charge < -0.3 is 16.4 Å². The molecule has 1 saturated heterocycles. The molecular weight excluding hydrogens is 358 g/mol. The van der Waals surface area contributed by atoms with Gasteiger partial charge in [-0.15, -0.1) is 0 Å². The maximum atomic E-state index is 12.4. The molecule has 28 heavy (non-hydrogen) atoms. The van der Waals surface area contributed by atoms with Crippen LogP contribution in [0.25, 0.3) is 0 Å². The summed E-state index contributed by atoms with van der Waals surface area (Å²) in [6.07, 6.45) is 0.879. The molecule has 0 radical (unpaired) electrons. The van der Waals surface area contributed by atoms with Crippen molar-refractivity contribution in [3.05, 3.63) is 71.3 Å². The van der Waals surface area contributed by atoms with E-state index in [1.165, 1.54) is 0 Å². The highest BCUT2D eigenvalue weighted by atomic mass is 16.2. The molecule has 7 heteroatoms. The van der Waals surface area contributed by atoms with E-state index < -0.39 is 23.9 Å². The molecule has 0 aromatic heterocycles. The molecule has 3 rings (SSSR count). The van der Waals surface area contributed by atoms with Gasteiger partial charge in [0.2, 0.25) is 17.7 Å². The Balaban J connectivity index is 1.65. The van der Waals surface area contributed by atoms with Crippen LogP contribution in [-0.2, 0) is 20.8 Å². The highest BCUT2D eigenvalue weighted by Gasteiger charge is 2.29. The summed E-state index contributed by atoms with van der Waals surface area (Å²) >= 11 is 0. The van der Waals surface area contributed by atoms with Crippen LogP contribution >= 0.6 is 0 Å². The average Bonchev–Trinajstić information content (AvgIpc) is 3.14. The van der Waals surface area contributed by atoms with E-state index in [2.05, 4.69) is 10.6 Å². The van der Waals surface area contributed by atoms with Crippen LogP contribution in [0, 0.1) is 0 Å². The Morgan fingerprint density at radius 2 is 1.68 bits per heavy atom. The van der Waals surface area contributed by atoms with E-state index in [4.69, 9.17) is 5.73 Å². The first-order chi connectivity index (χ1) is 13.4. The van der Waals surface area contributed by atoms with Crippen LogP contribution < -0.4 is 16.4 Å². The van der Waals surface area contributed by atoms with Gasteiger partial charge in [0.15, 0.2) is 5.78 Å². The van der Waals surface area contributed by atoms with Crippen molar-refractivity contribution in [3.8, 4) is 0 Å². The third-order valence-electron chi connectivity index (χ3n) is 4.66. The van der Waals surface area contributed by atoms with Gasteiger partial charge in [-0.25, -0.2) is 0 Å². The summed E-state index contributed by atoms with van der Waals surface area (Å²) in [6.45, 7) is 0. The summed E-state index contributed by atoms with van der Waals surface area (Å²) in [6, 6.07) is 14.2. The first-order valence-electron chi connectivity index (χ1n) is 9.02. The second kappa shape index (κ2) is 8.47. The van der Waals surface area contributed by atoms with Crippen LogP contribution in [0.3, 0.4) is 0 Å².